The van der Waals surface area contributed by atoms with Crippen LogP contribution in [0.2, 0.25) is 0 Å². The molecule has 0 radical (unpaired) electrons. The molecule has 100 valence electrons. The van der Waals surface area contributed by atoms with Crippen molar-refractivity contribution in [3.8, 4) is 0 Å². The molecule has 18 heavy (non-hydrogen) atoms. The van der Waals surface area contributed by atoms with E-state index in [0.29, 0.717) is 18.5 Å². The highest BCUT2D eigenvalue weighted by Gasteiger charge is 2.30. The van der Waals surface area contributed by atoms with Crippen molar-refractivity contribution in [3.63, 3.8) is 0 Å². The highest BCUT2D eigenvalue weighted by atomic mass is 19.4. The van der Waals surface area contributed by atoms with Crippen molar-refractivity contribution in [3.05, 3.63) is 35.4 Å². The lowest BCUT2D eigenvalue weighted by molar-refractivity contribution is -0.137. The molecule has 1 atom stereocenters. The van der Waals surface area contributed by atoms with Gasteiger partial charge in [-0.25, -0.2) is 0 Å². The van der Waals surface area contributed by atoms with E-state index < -0.39 is 11.7 Å². The van der Waals surface area contributed by atoms with Gasteiger partial charge in [0.2, 0.25) is 0 Å². The van der Waals surface area contributed by atoms with Gasteiger partial charge in [-0.15, -0.1) is 0 Å². The van der Waals surface area contributed by atoms with Gasteiger partial charge in [0.1, 0.15) is 5.78 Å². The fourth-order valence-electron chi connectivity index (χ4n) is 1.60. The smallest absolute Gasteiger partial charge is 0.330 e. The molecular weight excluding hydrogens is 243 g/mol. The first-order valence-corrected chi connectivity index (χ1v) is 5.73. The predicted molar refractivity (Wildman–Crippen MR) is 63.0 cm³/mol. The van der Waals surface area contributed by atoms with Gasteiger partial charge in [-0.2, -0.15) is 13.2 Å². The first-order chi connectivity index (χ1) is 8.34. The quantitative estimate of drug-likeness (QED) is 0.883. The van der Waals surface area contributed by atoms with Gasteiger partial charge < -0.3 is 5.73 Å². The zero-order valence-corrected chi connectivity index (χ0v) is 10.1. The van der Waals surface area contributed by atoms with Gasteiger partial charge in [-0.3, -0.25) is 4.79 Å². The minimum atomic E-state index is -4.34. The van der Waals surface area contributed by atoms with Crippen molar-refractivity contribution in [2.75, 3.05) is 6.54 Å². The van der Waals surface area contributed by atoms with Crippen LogP contribution in [0.3, 0.4) is 0 Å². The van der Waals surface area contributed by atoms with E-state index in [2.05, 4.69) is 0 Å². The molecule has 1 unspecified atom stereocenters. The third kappa shape index (κ3) is 4.14. The molecule has 1 rings (SSSR count). The first-order valence-electron chi connectivity index (χ1n) is 5.73. The normalized spacial score (nSPS) is 13.4. The van der Waals surface area contributed by atoms with Gasteiger partial charge in [0.15, 0.2) is 0 Å². The average Bonchev–Trinajstić information content (AvgIpc) is 2.28. The van der Waals surface area contributed by atoms with Crippen molar-refractivity contribution in [1.29, 1.82) is 0 Å². The summed E-state index contributed by atoms with van der Waals surface area (Å²) in [6.07, 6.45) is -3.59. The molecule has 2 N–H and O–H groups in total. The second kappa shape index (κ2) is 6.00. The highest BCUT2D eigenvalue weighted by molar-refractivity contribution is 5.82. The second-order valence-corrected chi connectivity index (χ2v) is 4.32. The Balaban J connectivity index is 2.67. The van der Waals surface area contributed by atoms with E-state index in [1.807, 2.05) is 0 Å². The topological polar surface area (TPSA) is 43.1 Å². The number of nitrogens with two attached hydrogens (primary N) is 1. The molecule has 0 aliphatic carbocycles. The second-order valence-electron chi connectivity index (χ2n) is 4.32. The molecule has 5 heteroatoms. The zero-order chi connectivity index (χ0) is 13.8. The monoisotopic (exact) mass is 259 g/mol. The van der Waals surface area contributed by atoms with Crippen molar-refractivity contribution >= 4 is 5.78 Å². The SMILES string of the molecule is CC(CCN)C(=O)Cc1ccc(C(F)(F)F)cc1. The Morgan fingerprint density at radius 3 is 2.28 bits per heavy atom. The molecule has 0 heterocycles. The molecule has 0 amide bonds. The third-order valence-corrected chi connectivity index (χ3v) is 2.81. The van der Waals surface area contributed by atoms with E-state index in [0.717, 1.165) is 12.1 Å². The van der Waals surface area contributed by atoms with Crippen LogP contribution in [-0.4, -0.2) is 12.3 Å². The lowest BCUT2D eigenvalue weighted by atomic mass is 9.96. The maximum absolute atomic E-state index is 12.3. The summed E-state index contributed by atoms with van der Waals surface area (Å²) in [6, 6.07) is 4.68. The number of alkyl halides is 3. The molecule has 1 aromatic carbocycles. The van der Waals surface area contributed by atoms with Crippen LogP contribution in [0.25, 0.3) is 0 Å². The number of carbonyl (C=O) groups is 1. The lowest BCUT2D eigenvalue weighted by Crippen LogP contribution is -2.17. The van der Waals surface area contributed by atoms with Crippen LogP contribution in [0.4, 0.5) is 13.2 Å². The highest BCUT2D eigenvalue weighted by Crippen LogP contribution is 2.29. The largest absolute Gasteiger partial charge is 0.416 e. The Morgan fingerprint density at radius 1 is 1.28 bits per heavy atom. The van der Waals surface area contributed by atoms with Crippen LogP contribution in [0.15, 0.2) is 24.3 Å². The number of rotatable bonds is 5. The summed E-state index contributed by atoms with van der Waals surface area (Å²) < 4.78 is 37.0. The molecule has 0 saturated carbocycles. The summed E-state index contributed by atoms with van der Waals surface area (Å²) in [7, 11) is 0. The Bertz CT molecular complexity index is 398. The zero-order valence-electron chi connectivity index (χ0n) is 10.1. The number of hydrogen-bond donors (Lipinski definition) is 1. The minimum absolute atomic E-state index is 0.000193. The Hall–Kier alpha value is -1.36. The van der Waals surface area contributed by atoms with Gasteiger partial charge in [-0.1, -0.05) is 19.1 Å². The summed E-state index contributed by atoms with van der Waals surface area (Å²) in [5.74, 6) is -0.155. The van der Waals surface area contributed by atoms with E-state index >= 15 is 0 Å². The van der Waals surface area contributed by atoms with Crippen LogP contribution in [-0.2, 0) is 17.4 Å². The maximum atomic E-state index is 12.3. The van der Waals surface area contributed by atoms with Gasteiger partial charge in [0.05, 0.1) is 5.56 Å². The van der Waals surface area contributed by atoms with Gasteiger partial charge in [-0.05, 0) is 30.7 Å². The number of halogens is 3. The van der Waals surface area contributed by atoms with Gasteiger partial charge >= 0.3 is 6.18 Å². The molecule has 0 saturated heterocycles. The molecule has 0 fully saturated rings. The molecular formula is C13H16F3NO. The fraction of sp³-hybridized carbons (Fsp3) is 0.462. The minimum Gasteiger partial charge on any atom is -0.330 e. The number of ketones is 1. The molecule has 0 aliphatic heterocycles. The average molecular weight is 259 g/mol. The summed E-state index contributed by atoms with van der Waals surface area (Å²) >= 11 is 0. The third-order valence-electron chi connectivity index (χ3n) is 2.81. The molecule has 0 spiro atoms. The lowest BCUT2D eigenvalue weighted by Gasteiger charge is -2.10. The van der Waals surface area contributed by atoms with Gasteiger partial charge in [0, 0.05) is 12.3 Å². The van der Waals surface area contributed by atoms with Crippen molar-refractivity contribution < 1.29 is 18.0 Å². The number of carbonyl (C=O) groups excluding carboxylic acids is 1. The molecule has 2 nitrogen and oxygen atoms in total. The fourth-order valence-corrected chi connectivity index (χ4v) is 1.60. The van der Waals surface area contributed by atoms with E-state index in [-0.39, 0.29) is 18.1 Å². The van der Waals surface area contributed by atoms with E-state index in [4.69, 9.17) is 5.73 Å². The van der Waals surface area contributed by atoms with Crippen LogP contribution in [0.5, 0.6) is 0 Å². The Kier molecular flexibility index (Phi) is 4.90. The van der Waals surface area contributed by atoms with E-state index in [1.54, 1.807) is 6.92 Å². The summed E-state index contributed by atoms with van der Waals surface area (Å²) in [4.78, 5) is 11.7. The number of benzene rings is 1. The van der Waals surface area contributed by atoms with Crippen molar-refractivity contribution in [2.24, 2.45) is 11.7 Å². The summed E-state index contributed by atoms with van der Waals surface area (Å²) in [5.41, 5.74) is 5.25. The molecule has 0 bridgehead atoms. The van der Waals surface area contributed by atoms with Crippen LogP contribution < -0.4 is 5.73 Å². The molecule has 0 aromatic heterocycles. The summed E-state index contributed by atoms with van der Waals surface area (Å²) in [6.45, 7) is 2.21. The van der Waals surface area contributed by atoms with E-state index in [1.165, 1.54) is 12.1 Å². The molecule has 0 aliphatic rings. The van der Waals surface area contributed by atoms with Crippen LogP contribution in [0.1, 0.15) is 24.5 Å². The van der Waals surface area contributed by atoms with Crippen molar-refractivity contribution in [1.82, 2.24) is 0 Å². The first kappa shape index (κ1) is 14.7. The van der Waals surface area contributed by atoms with E-state index in [9.17, 15) is 18.0 Å². The number of Topliss-reactive ketones (excluding diaryl/α,β-unsaturated/α-hetero) is 1. The van der Waals surface area contributed by atoms with Crippen LogP contribution in [0, 0.1) is 5.92 Å². The Labute approximate surface area is 104 Å². The molecule has 1 aromatic rings. The maximum Gasteiger partial charge on any atom is 0.416 e. The summed E-state index contributed by atoms with van der Waals surface area (Å²) in [5, 5.41) is 0. The van der Waals surface area contributed by atoms with Gasteiger partial charge in [0.25, 0.3) is 0 Å². The van der Waals surface area contributed by atoms with Crippen molar-refractivity contribution in [2.45, 2.75) is 25.9 Å². The standard InChI is InChI=1S/C13H16F3NO/c1-9(6-7-17)12(18)8-10-2-4-11(5-3-10)13(14,15)16/h2-5,9H,6-8,17H2,1H3. The Morgan fingerprint density at radius 2 is 1.83 bits per heavy atom. The number of hydrogen-bond acceptors (Lipinski definition) is 2. The van der Waals surface area contributed by atoms with Crippen LogP contribution >= 0.6 is 0 Å². The predicted octanol–water partition coefficient (Wildman–Crippen LogP) is 2.80.